The summed E-state index contributed by atoms with van der Waals surface area (Å²) in [6, 6.07) is 8.41. The van der Waals surface area contributed by atoms with Gasteiger partial charge in [0.05, 0.1) is 19.1 Å². The Hall–Kier alpha value is -2.61. The van der Waals surface area contributed by atoms with Gasteiger partial charge in [0.25, 0.3) is 5.91 Å². The Labute approximate surface area is 139 Å². The van der Waals surface area contributed by atoms with E-state index in [4.69, 9.17) is 4.74 Å². The van der Waals surface area contributed by atoms with Gasteiger partial charge in [-0.15, -0.1) is 0 Å². The fourth-order valence-electron chi connectivity index (χ4n) is 2.09. The van der Waals surface area contributed by atoms with Crippen molar-refractivity contribution in [1.82, 2.24) is 0 Å². The zero-order valence-corrected chi connectivity index (χ0v) is 14.2. The predicted octanol–water partition coefficient (Wildman–Crippen LogP) is 2.77. The summed E-state index contributed by atoms with van der Waals surface area (Å²) in [5, 5.41) is 2.63. The number of hydrogen-bond donors (Lipinski definition) is 2. The van der Waals surface area contributed by atoms with Crippen LogP contribution in [0.4, 0.5) is 15.8 Å². The van der Waals surface area contributed by atoms with Crippen molar-refractivity contribution in [2.75, 3.05) is 23.4 Å². The fraction of sp³-hybridized carbons (Fsp3) is 0.188. The molecule has 0 aliphatic heterocycles. The number of benzene rings is 2. The number of halogens is 1. The number of sulfonamides is 1. The van der Waals surface area contributed by atoms with E-state index in [-0.39, 0.29) is 17.0 Å². The molecule has 2 rings (SSSR count). The summed E-state index contributed by atoms with van der Waals surface area (Å²) in [5.74, 6) is -0.733. The normalized spacial score (nSPS) is 11.0. The molecular weight excluding hydrogens is 335 g/mol. The lowest BCUT2D eigenvalue weighted by Gasteiger charge is -2.13. The molecule has 0 spiro atoms. The summed E-state index contributed by atoms with van der Waals surface area (Å²) in [6.45, 7) is 1.70. The third-order valence-corrected chi connectivity index (χ3v) is 3.79. The molecule has 0 heterocycles. The van der Waals surface area contributed by atoms with Gasteiger partial charge in [-0.3, -0.25) is 9.52 Å². The minimum absolute atomic E-state index is 0.215. The lowest BCUT2D eigenvalue weighted by Crippen LogP contribution is -2.14. The average molecular weight is 352 g/mol. The summed E-state index contributed by atoms with van der Waals surface area (Å²) in [5.41, 5.74) is 1.49. The number of anilines is 2. The van der Waals surface area contributed by atoms with E-state index in [0.29, 0.717) is 11.3 Å². The van der Waals surface area contributed by atoms with Crippen molar-refractivity contribution in [3.8, 4) is 5.75 Å². The van der Waals surface area contributed by atoms with Gasteiger partial charge in [0.15, 0.2) is 0 Å². The van der Waals surface area contributed by atoms with E-state index in [2.05, 4.69) is 10.0 Å². The van der Waals surface area contributed by atoms with Gasteiger partial charge in [0.2, 0.25) is 10.0 Å². The quantitative estimate of drug-likeness (QED) is 0.867. The Morgan fingerprint density at radius 3 is 2.50 bits per heavy atom. The molecule has 0 aliphatic rings. The number of rotatable bonds is 5. The predicted molar refractivity (Wildman–Crippen MR) is 90.6 cm³/mol. The maximum absolute atomic E-state index is 13.3. The van der Waals surface area contributed by atoms with E-state index in [1.54, 1.807) is 6.92 Å². The summed E-state index contributed by atoms with van der Waals surface area (Å²) < 4.78 is 43.4. The molecule has 0 unspecified atom stereocenters. The minimum Gasteiger partial charge on any atom is -0.494 e. The zero-order chi connectivity index (χ0) is 17.9. The number of nitrogens with one attached hydrogen (secondary N) is 2. The SMILES string of the molecule is COc1cc(NC(=O)c2cc(F)ccc2C)ccc1NS(C)(=O)=O. The number of carbonyl (C=O) groups is 1. The fourth-order valence-corrected chi connectivity index (χ4v) is 2.66. The van der Waals surface area contributed by atoms with E-state index in [1.807, 2.05) is 0 Å². The van der Waals surface area contributed by atoms with Crippen LogP contribution in [0.25, 0.3) is 0 Å². The van der Waals surface area contributed by atoms with Gasteiger partial charge in [0.1, 0.15) is 11.6 Å². The highest BCUT2D eigenvalue weighted by molar-refractivity contribution is 7.92. The molecule has 0 aliphatic carbocycles. The lowest BCUT2D eigenvalue weighted by molar-refractivity contribution is 0.102. The maximum Gasteiger partial charge on any atom is 0.256 e. The molecule has 0 fully saturated rings. The Morgan fingerprint density at radius 1 is 1.17 bits per heavy atom. The van der Waals surface area contributed by atoms with Crippen LogP contribution < -0.4 is 14.8 Å². The second-order valence-corrected chi connectivity index (χ2v) is 6.95. The molecular formula is C16H17FN2O4S. The Balaban J connectivity index is 2.27. The standard InChI is InChI=1S/C16H17FN2O4S/c1-10-4-5-11(17)8-13(10)16(20)18-12-6-7-14(15(9-12)23-2)19-24(3,21)22/h4-9,19H,1-3H3,(H,18,20). The number of methoxy groups -OCH3 is 1. The minimum atomic E-state index is -3.46. The van der Waals surface area contributed by atoms with E-state index in [1.165, 1.54) is 37.4 Å². The molecule has 8 heteroatoms. The van der Waals surface area contributed by atoms with Crippen molar-refractivity contribution in [3.05, 3.63) is 53.3 Å². The van der Waals surface area contributed by atoms with Crippen LogP contribution in [0, 0.1) is 12.7 Å². The molecule has 2 aromatic carbocycles. The van der Waals surface area contributed by atoms with Crippen LogP contribution in [0.1, 0.15) is 15.9 Å². The smallest absolute Gasteiger partial charge is 0.256 e. The molecule has 6 nitrogen and oxygen atoms in total. The molecule has 2 aromatic rings. The molecule has 0 saturated heterocycles. The molecule has 0 saturated carbocycles. The van der Waals surface area contributed by atoms with Crippen LogP contribution >= 0.6 is 0 Å². The molecule has 128 valence electrons. The van der Waals surface area contributed by atoms with E-state index >= 15 is 0 Å². The van der Waals surface area contributed by atoms with E-state index < -0.39 is 21.7 Å². The van der Waals surface area contributed by atoms with Crippen LogP contribution in [-0.2, 0) is 10.0 Å². The van der Waals surface area contributed by atoms with Crippen LogP contribution in [0.2, 0.25) is 0 Å². The number of aryl methyl sites for hydroxylation is 1. The highest BCUT2D eigenvalue weighted by Crippen LogP contribution is 2.29. The largest absolute Gasteiger partial charge is 0.494 e. The van der Waals surface area contributed by atoms with Crippen LogP contribution in [-0.4, -0.2) is 27.7 Å². The number of ether oxygens (including phenoxy) is 1. The third-order valence-electron chi connectivity index (χ3n) is 3.20. The number of carbonyl (C=O) groups excluding carboxylic acids is 1. The van der Waals surface area contributed by atoms with Crippen molar-refractivity contribution >= 4 is 27.3 Å². The molecule has 0 bridgehead atoms. The summed E-state index contributed by atoms with van der Waals surface area (Å²) >= 11 is 0. The first kappa shape index (κ1) is 17.7. The second kappa shape index (κ2) is 6.88. The van der Waals surface area contributed by atoms with Crippen LogP contribution in [0.5, 0.6) is 5.75 Å². The topological polar surface area (TPSA) is 84.5 Å². The molecule has 0 aromatic heterocycles. The van der Waals surface area contributed by atoms with Gasteiger partial charge in [-0.1, -0.05) is 6.07 Å². The Bertz CT molecular complexity index is 882. The van der Waals surface area contributed by atoms with Crippen LogP contribution in [0.15, 0.2) is 36.4 Å². The van der Waals surface area contributed by atoms with Crippen molar-refractivity contribution in [2.24, 2.45) is 0 Å². The molecule has 0 atom stereocenters. The van der Waals surface area contributed by atoms with Gasteiger partial charge >= 0.3 is 0 Å². The lowest BCUT2D eigenvalue weighted by atomic mass is 10.1. The second-order valence-electron chi connectivity index (χ2n) is 5.20. The number of amides is 1. The zero-order valence-electron chi connectivity index (χ0n) is 13.4. The maximum atomic E-state index is 13.3. The third kappa shape index (κ3) is 4.45. The Kier molecular flexibility index (Phi) is 5.08. The summed E-state index contributed by atoms with van der Waals surface area (Å²) in [7, 11) is -2.08. The Morgan fingerprint density at radius 2 is 1.88 bits per heavy atom. The highest BCUT2D eigenvalue weighted by Gasteiger charge is 2.13. The first-order chi connectivity index (χ1) is 11.2. The number of hydrogen-bond acceptors (Lipinski definition) is 4. The van der Waals surface area contributed by atoms with Crippen molar-refractivity contribution in [2.45, 2.75) is 6.92 Å². The van der Waals surface area contributed by atoms with Gasteiger partial charge < -0.3 is 10.1 Å². The van der Waals surface area contributed by atoms with Crippen LogP contribution in [0.3, 0.4) is 0 Å². The monoisotopic (exact) mass is 352 g/mol. The first-order valence-corrected chi connectivity index (χ1v) is 8.82. The summed E-state index contributed by atoms with van der Waals surface area (Å²) in [4.78, 5) is 12.3. The highest BCUT2D eigenvalue weighted by atomic mass is 32.2. The molecule has 0 radical (unpaired) electrons. The molecule has 2 N–H and O–H groups in total. The van der Waals surface area contributed by atoms with Gasteiger partial charge in [0, 0.05) is 17.3 Å². The van der Waals surface area contributed by atoms with Gasteiger partial charge in [-0.2, -0.15) is 0 Å². The molecule has 24 heavy (non-hydrogen) atoms. The first-order valence-electron chi connectivity index (χ1n) is 6.93. The summed E-state index contributed by atoms with van der Waals surface area (Å²) in [6.07, 6.45) is 1.02. The van der Waals surface area contributed by atoms with E-state index in [0.717, 1.165) is 12.3 Å². The van der Waals surface area contributed by atoms with Gasteiger partial charge in [-0.05, 0) is 36.8 Å². The van der Waals surface area contributed by atoms with E-state index in [9.17, 15) is 17.6 Å². The van der Waals surface area contributed by atoms with Crippen molar-refractivity contribution in [3.63, 3.8) is 0 Å². The van der Waals surface area contributed by atoms with Crippen molar-refractivity contribution < 1.29 is 22.3 Å². The average Bonchev–Trinajstić information content (AvgIpc) is 2.49. The van der Waals surface area contributed by atoms with Crippen molar-refractivity contribution in [1.29, 1.82) is 0 Å². The molecule has 1 amide bonds. The van der Waals surface area contributed by atoms with Gasteiger partial charge in [-0.25, -0.2) is 12.8 Å².